The Balaban J connectivity index is 2.61. The van der Waals surface area contributed by atoms with Crippen LogP contribution in [0.4, 0.5) is 0 Å². The summed E-state index contributed by atoms with van der Waals surface area (Å²) in [5.41, 5.74) is 1.41. The Morgan fingerprint density at radius 2 is 2.25 bits per heavy atom. The lowest BCUT2D eigenvalue weighted by Gasteiger charge is -2.01. The third-order valence-corrected chi connectivity index (χ3v) is 2.57. The summed E-state index contributed by atoms with van der Waals surface area (Å²) in [5.74, 6) is 0. The number of nitriles is 1. The van der Waals surface area contributed by atoms with Gasteiger partial charge in [0.05, 0.1) is 11.6 Å². The Morgan fingerprint density at radius 3 is 3.06 bits per heavy atom. The van der Waals surface area contributed by atoms with Crippen LogP contribution in [0.2, 0.25) is 5.15 Å². The number of hydrogen-bond donors (Lipinski definition) is 0. The minimum absolute atomic E-state index is 0.326. The summed E-state index contributed by atoms with van der Waals surface area (Å²) in [4.78, 5) is 8.32. The molecule has 0 unspecified atom stereocenters. The highest BCUT2D eigenvalue weighted by molar-refractivity contribution is 6.34. The molecule has 0 amide bonds. The molecule has 0 fully saturated rings. The first-order chi connectivity index (χ1) is 7.81. The molecule has 0 aliphatic heterocycles. The van der Waals surface area contributed by atoms with Gasteiger partial charge in [0.15, 0.2) is 11.3 Å². The third-order valence-electron chi connectivity index (χ3n) is 2.28. The Labute approximate surface area is 94.9 Å². The van der Waals surface area contributed by atoms with Crippen molar-refractivity contribution in [3.05, 3.63) is 35.2 Å². The lowest BCUT2D eigenvalue weighted by molar-refractivity contribution is 0.963. The van der Waals surface area contributed by atoms with E-state index in [1.807, 2.05) is 12.1 Å². The zero-order chi connectivity index (χ0) is 11.1. The molecule has 0 aliphatic rings. The fraction of sp³-hybridized carbons (Fsp3) is 0. The minimum atomic E-state index is 0.326. The number of nitrogens with zero attached hydrogens (tertiary/aromatic N) is 5. The van der Waals surface area contributed by atoms with Gasteiger partial charge in [0.1, 0.15) is 16.8 Å². The zero-order valence-electron chi connectivity index (χ0n) is 7.92. The Bertz CT molecular complexity index is 740. The predicted octanol–water partition coefficient (Wildman–Crippen LogP) is 1.80. The highest BCUT2D eigenvalue weighted by atomic mass is 35.5. The molecule has 3 heterocycles. The smallest absolute Gasteiger partial charge is 0.176 e. The van der Waals surface area contributed by atoms with E-state index in [1.54, 1.807) is 12.3 Å². The summed E-state index contributed by atoms with van der Waals surface area (Å²) in [6, 6.07) is 5.59. The van der Waals surface area contributed by atoms with E-state index in [0.717, 1.165) is 0 Å². The molecular weight excluding hydrogens is 226 g/mol. The molecule has 0 aromatic carbocycles. The number of hydrogen-bond acceptors (Lipinski definition) is 4. The first kappa shape index (κ1) is 9.07. The lowest BCUT2D eigenvalue weighted by atomic mass is 10.3. The Morgan fingerprint density at radius 1 is 1.38 bits per heavy atom. The molecule has 0 N–H and O–H groups in total. The summed E-state index contributed by atoms with van der Waals surface area (Å²) in [7, 11) is 0. The topological polar surface area (TPSA) is 66.9 Å². The standard InChI is InChI=1S/C10H4ClN5/c11-8-7-2-1-3-13-10(7)16-9(15-8)6(4-12)5-14-16/h1-3,5H. The molecule has 0 saturated carbocycles. The average Bonchev–Trinajstić information content (AvgIpc) is 2.72. The molecule has 3 aromatic heterocycles. The maximum absolute atomic E-state index is 8.88. The second-order valence-electron chi connectivity index (χ2n) is 3.18. The molecule has 3 rings (SSSR count). The molecular formula is C10H4ClN5. The fourth-order valence-electron chi connectivity index (χ4n) is 1.56. The first-order valence-corrected chi connectivity index (χ1v) is 4.87. The van der Waals surface area contributed by atoms with Gasteiger partial charge in [-0.25, -0.2) is 9.97 Å². The van der Waals surface area contributed by atoms with Crippen molar-refractivity contribution in [2.24, 2.45) is 0 Å². The largest absolute Gasteiger partial charge is 0.236 e. The second kappa shape index (κ2) is 3.15. The van der Waals surface area contributed by atoms with Gasteiger partial charge < -0.3 is 0 Å². The van der Waals surface area contributed by atoms with Crippen molar-refractivity contribution in [3.8, 4) is 6.07 Å². The van der Waals surface area contributed by atoms with Crippen LogP contribution in [0.15, 0.2) is 24.5 Å². The number of aromatic nitrogens is 4. The van der Waals surface area contributed by atoms with Crippen molar-refractivity contribution in [1.82, 2.24) is 19.6 Å². The zero-order valence-corrected chi connectivity index (χ0v) is 8.68. The monoisotopic (exact) mass is 229 g/mol. The van der Waals surface area contributed by atoms with Gasteiger partial charge in [-0.15, -0.1) is 0 Å². The van der Waals surface area contributed by atoms with Gasteiger partial charge in [0.2, 0.25) is 0 Å². The maximum Gasteiger partial charge on any atom is 0.176 e. The van der Waals surface area contributed by atoms with Crippen LogP contribution in [-0.4, -0.2) is 19.6 Å². The second-order valence-corrected chi connectivity index (χ2v) is 3.54. The molecule has 0 saturated heterocycles. The van der Waals surface area contributed by atoms with Crippen molar-refractivity contribution in [1.29, 1.82) is 5.26 Å². The van der Waals surface area contributed by atoms with E-state index >= 15 is 0 Å². The van der Waals surface area contributed by atoms with Crippen LogP contribution < -0.4 is 0 Å². The molecule has 6 heteroatoms. The van der Waals surface area contributed by atoms with Gasteiger partial charge in [0, 0.05) is 6.20 Å². The average molecular weight is 230 g/mol. The number of fused-ring (bicyclic) bond motifs is 3. The highest BCUT2D eigenvalue weighted by Gasteiger charge is 2.11. The van der Waals surface area contributed by atoms with Crippen LogP contribution in [0.3, 0.4) is 0 Å². The van der Waals surface area contributed by atoms with Gasteiger partial charge in [-0.1, -0.05) is 11.6 Å². The van der Waals surface area contributed by atoms with Gasteiger partial charge in [-0.3, -0.25) is 0 Å². The van der Waals surface area contributed by atoms with Crippen molar-refractivity contribution < 1.29 is 0 Å². The summed E-state index contributed by atoms with van der Waals surface area (Å²) < 4.78 is 1.51. The SMILES string of the molecule is N#Cc1cnn2c1nc(Cl)c1cccnc12. The summed E-state index contributed by atoms with van der Waals surface area (Å²) >= 11 is 6.02. The molecule has 0 radical (unpaired) electrons. The van der Waals surface area contributed by atoms with Crippen molar-refractivity contribution in [3.63, 3.8) is 0 Å². The maximum atomic E-state index is 8.88. The minimum Gasteiger partial charge on any atom is -0.236 e. The summed E-state index contributed by atoms with van der Waals surface area (Å²) in [6.07, 6.45) is 3.10. The van der Waals surface area contributed by atoms with Crippen molar-refractivity contribution in [2.45, 2.75) is 0 Å². The van der Waals surface area contributed by atoms with E-state index in [1.165, 1.54) is 10.7 Å². The molecule has 3 aromatic rings. The van der Waals surface area contributed by atoms with Crippen LogP contribution in [0.1, 0.15) is 5.56 Å². The normalized spacial score (nSPS) is 10.8. The van der Waals surface area contributed by atoms with Crippen LogP contribution in [-0.2, 0) is 0 Å². The summed E-state index contributed by atoms with van der Waals surface area (Å²) in [6.45, 7) is 0. The molecule has 0 spiro atoms. The van der Waals surface area contributed by atoms with E-state index in [0.29, 0.717) is 27.4 Å². The fourth-order valence-corrected chi connectivity index (χ4v) is 1.79. The van der Waals surface area contributed by atoms with Gasteiger partial charge >= 0.3 is 0 Å². The predicted molar refractivity (Wildman–Crippen MR) is 58.0 cm³/mol. The van der Waals surface area contributed by atoms with Gasteiger partial charge in [-0.05, 0) is 12.1 Å². The number of rotatable bonds is 0. The lowest BCUT2D eigenvalue weighted by Crippen LogP contribution is -1.96. The number of pyridine rings is 1. The van der Waals surface area contributed by atoms with E-state index in [9.17, 15) is 0 Å². The van der Waals surface area contributed by atoms with Crippen LogP contribution in [0.5, 0.6) is 0 Å². The van der Waals surface area contributed by atoms with E-state index < -0.39 is 0 Å². The highest BCUT2D eigenvalue weighted by Crippen LogP contribution is 2.21. The molecule has 5 nitrogen and oxygen atoms in total. The molecule has 0 atom stereocenters. The van der Waals surface area contributed by atoms with Crippen molar-refractivity contribution in [2.75, 3.05) is 0 Å². The van der Waals surface area contributed by atoms with Gasteiger partial charge in [-0.2, -0.15) is 14.9 Å². The van der Waals surface area contributed by atoms with Crippen LogP contribution in [0.25, 0.3) is 16.7 Å². The van der Waals surface area contributed by atoms with Crippen LogP contribution >= 0.6 is 11.6 Å². The Hall–Kier alpha value is -2.19. The Kier molecular flexibility index (Phi) is 1.79. The molecule has 0 bridgehead atoms. The van der Waals surface area contributed by atoms with E-state index in [4.69, 9.17) is 16.9 Å². The van der Waals surface area contributed by atoms with Crippen LogP contribution in [0, 0.1) is 11.3 Å². The van der Waals surface area contributed by atoms with Gasteiger partial charge in [0.25, 0.3) is 0 Å². The van der Waals surface area contributed by atoms with E-state index in [-0.39, 0.29) is 0 Å². The third kappa shape index (κ3) is 1.08. The summed E-state index contributed by atoms with van der Waals surface area (Å²) in [5, 5.41) is 14.0. The number of halogens is 1. The van der Waals surface area contributed by atoms with Crippen molar-refractivity contribution >= 4 is 28.3 Å². The first-order valence-electron chi connectivity index (χ1n) is 4.49. The molecule has 0 aliphatic carbocycles. The quantitative estimate of drug-likeness (QED) is 0.552. The van der Waals surface area contributed by atoms with E-state index in [2.05, 4.69) is 15.1 Å². The molecule has 16 heavy (non-hydrogen) atoms. The molecule has 76 valence electrons.